The van der Waals surface area contributed by atoms with E-state index in [-0.39, 0.29) is 12.4 Å². The first kappa shape index (κ1) is 21.0. The van der Waals surface area contributed by atoms with Crippen molar-refractivity contribution in [2.75, 3.05) is 20.3 Å². The first-order valence-corrected chi connectivity index (χ1v) is 8.23. The first-order valence-electron chi connectivity index (χ1n) is 8.23. The zero-order valence-corrected chi connectivity index (χ0v) is 15.9. The molecule has 1 aromatic heterocycles. The molecule has 2 aromatic rings. The lowest BCUT2D eigenvalue weighted by molar-refractivity contribution is 0.287. The van der Waals surface area contributed by atoms with Crippen molar-refractivity contribution in [3.8, 4) is 11.5 Å². The van der Waals surface area contributed by atoms with E-state index < -0.39 is 0 Å². The topological polar surface area (TPSA) is 69.4 Å². The smallest absolute Gasteiger partial charge is 0.250 e. The van der Waals surface area contributed by atoms with Gasteiger partial charge >= 0.3 is 0 Å². The molecule has 1 atom stereocenters. The fourth-order valence-electron chi connectivity index (χ4n) is 2.13. The molecule has 138 valence electrons. The van der Waals surface area contributed by atoms with Gasteiger partial charge in [-0.15, -0.1) is 12.4 Å². The molecular weight excluding hydrogens is 342 g/mol. The summed E-state index contributed by atoms with van der Waals surface area (Å²) in [5.74, 6) is 2.66. The highest BCUT2D eigenvalue weighted by molar-refractivity contribution is 5.85. The minimum atomic E-state index is 0. The van der Waals surface area contributed by atoms with E-state index in [0.29, 0.717) is 31.0 Å². The van der Waals surface area contributed by atoms with Gasteiger partial charge in [-0.3, -0.25) is 0 Å². The second-order valence-corrected chi connectivity index (χ2v) is 5.35. The Kier molecular flexibility index (Phi) is 9.02. The number of nitrogens with one attached hydrogen (secondary N) is 1. The van der Waals surface area contributed by atoms with E-state index >= 15 is 0 Å². The molecular formula is C18H26ClN3O3. The van der Waals surface area contributed by atoms with Crippen LogP contribution < -0.4 is 14.8 Å². The van der Waals surface area contributed by atoms with E-state index in [0.717, 1.165) is 23.5 Å². The van der Waals surface area contributed by atoms with Crippen molar-refractivity contribution in [3.63, 3.8) is 0 Å². The highest BCUT2D eigenvalue weighted by Crippen LogP contribution is 2.29. The number of benzene rings is 1. The van der Waals surface area contributed by atoms with Crippen molar-refractivity contribution in [2.24, 2.45) is 0 Å². The molecule has 2 rings (SSSR count). The lowest BCUT2D eigenvalue weighted by Crippen LogP contribution is -2.24. The summed E-state index contributed by atoms with van der Waals surface area (Å²) in [6.07, 6.45) is 4.44. The van der Waals surface area contributed by atoms with E-state index in [1.807, 2.05) is 45.2 Å². The molecule has 1 N–H and O–H groups in total. The Morgan fingerprint density at radius 3 is 2.56 bits per heavy atom. The Balaban J connectivity index is 0.00000312. The first-order chi connectivity index (χ1) is 11.7. The Morgan fingerprint density at radius 2 is 1.88 bits per heavy atom. The Hall–Kier alpha value is -2.05. The minimum Gasteiger partial charge on any atom is -0.490 e. The summed E-state index contributed by atoms with van der Waals surface area (Å²) in [5, 5.41) is 7.13. The van der Waals surface area contributed by atoms with E-state index in [1.165, 1.54) is 0 Å². The van der Waals surface area contributed by atoms with Gasteiger partial charge in [-0.25, -0.2) is 0 Å². The van der Waals surface area contributed by atoms with Gasteiger partial charge in [-0.1, -0.05) is 11.2 Å². The third kappa shape index (κ3) is 6.40. The van der Waals surface area contributed by atoms with Crippen molar-refractivity contribution in [2.45, 2.75) is 33.2 Å². The molecule has 0 radical (unpaired) electrons. The summed E-state index contributed by atoms with van der Waals surface area (Å²) in [5.41, 5.74) is 0.977. The molecule has 0 aliphatic heterocycles. The molecule has 1 unspecified atom stereocenters. The van der Waals surface area contributed by atoms with Crippen LogP contribution in [0.5, 0.6) is 11.5 Å². The standard InChI is InChI=1S/C18H25N3O3.ClH/c1-5-22-15-9-7-14(12-16(15)23-6-2)8-10-18-20-17(21-24-18)11-13(3)19-4;/h7-10,12-13,19H,5-6,11H2,1-4H3;1H/b10-8+;. The number of hydrogen-bond acceptors (Lipinski definition) is 6. The van der Waals surface area contributed by atoms with Gasteiger partial charge in [-0.05, 0) is 51.6 Å². The van der Waals surface area contributed by atoms with Gasteiger partial charge in [0.25, 0.3) is 5.89 Å². The van der Waals surface area contributed by atoms with Crippen molar-refractivity contribution < 1.29 is 14.0 Å². The molecule has 1 heterocycles. The quantitative estimate of drug-likeness (QED) is 0.730. The molecule has 0 bridgehead atoms. The largest absolute Gasteiger partial charge is 0.490 e. The summed E-state index contributed by atoms with van der Waals surface area (Å²) in [6.45, 7) is 7.16. The zero-order valence-electron chi connectivity index (χ0n) is 15.1. The zero-order chi connectivity index (χ0) is 17.4. The SMILES string of the molecule is CCOc1ccc(/C=C/c2nc(CC(C)NC)no2)cc1OCC.Cl. The third-order valence-electron chi connectivity index (χ3n) is 3.45. The van der Waals surface area contributed by atoms with Gasteiger partial charge in [0.1, 0.15) is 0 Å². The number of likely N-dealkylation sites (N-methyl/N-ethyl adjacent to an activating group) is 1. The molecule has 7 heteroatoms. The molecule has 6 nitrogen and oxygen atoms in total. The predicted molar refractivity (Wildman–Crippen MR) is 101 cm³/mol. The van der Waals surface area contributed by atoms with Crippen LogP contribution in [0.15, 0.2) is 22.7 Å². The molecule has 0 fully saturated rings. The number of hydrogen-bond donors (Lipinski definition) is 1. The lowest BCUT2D eigenvalue weighted by Gasteiger charge is -2.11. The van der Waals surface area contributed by atoms with Crippen LogP contribution in [0.1, 0.15) is 38.0 Å². The fraction of sp³-hybridized carbons (Fsp3) is 0.444. The van der Waals surface area contributed by atoms with Crippen LogP contribution in [0.25, 0.3) is 12.2 Å². The summed E-state index contributed by atoms with van der Waals surface area (Å²) in [7, 11) is 1.91. The summed E-state index contributed by atoms with van der Waals surface area (Å²) >= 11 is 0. The van der Waals surface area contributed by atoms with E-state index in [9.17, 15) is 0 Å². The van der Waals surface area contributed by atoms with Gasteiger partial charge in [0.2, 0.25) is 0 Å². The van der Waals surface area contributed by atoms with Crippen LogP contribution in [0, 0.1) is 0 Å². The maximum atomic E-state index is 5.63. The van der Waals surface area contributed by atoms with Crippen LogP contribution in [0.3, 0.4) is 0 Å². The minimum absolute atomic E-state index is 0. The third-order valence-corrected chi connectivity index (χ3v) is 3.45. The number of aromatic nitrogens is 2. The van der Waals surface area contributed by atoms with Crippen molar-refractivity contribution in [3.05, 3.63) is 35.5 Å². The van der Waals surface area contributed by atoms with Gasteiger partial charge < -0.3 is 19.3 Å². The van der Waals surface area contributed by atoms with Gasteiger partial charge in [-0.2, -0.15) is 4.98 Å². The van der Waals surface area contributed by atoms with Gasteiger partial charge in [0.05, 0.1) is 13.2 Å². The molecule has 0 saturated heterocycles. The van der Waals surface area contributed by atoms with E-state index in [4.69, 9.17) is 14.0 Å². The summed E-state index contributed by atoms with van der Waals surface area (Å²) in [6, 6.07) is 6.11. The summed E-state index contributed by atoms with van der Waals surface area (Å²) < 4.78 is 16.4. The molecule has 0 amide bonds. The number of ether oxygens (including phenoxy) is 2. The van der Waals surface area contributed by atoms with Crippen molar-refractivity contribution in [1.29, 1.82) is 0 Å². The van der Waals surface area contributed by atoms with E-state index in [1.54, 1.807) is 6.08 Å². The van der Waals surface area contributed by atoms with Crippen LogP contribution >= 0.6 is 12.4 Å². The predicted octanol–water partition coefficient (Wildman–Crippen LogP) is 3.61. The molecule has 0 spiro atoms. The Labute approximate surface area is 155 Å². The second-order valence-electron chi connectivity index (χ2n) is 5.35. The number of nitrogens with zero attached hydrogens (tertiary/aromatic N) is 2. The van der Waals surface area contributed by atoms with Crippen LogP contribution in [-0.2, 0) is 6.42 Å². The molecule has 0 aliphatic rings. The van der Waals surface area contributed by atoms with Gasteiger partial charge in [0, 0.05) is 18.5 Å². The molecule has 1 aromatic carbocycles. The number of halogens is 1. The molecule has 0 aliphatic carbocycles. The average molecular weight is 368 g/mol. The Bertz CT molecular complexity index is 673. The van der Waals surface area contributed by atoms with Crippen LogP contribution in [0.2, 0.25) is 0 Å². The fourth-order valence-corrected chi connectivity index (χ4v) is 2.13. The maximum absolute atomic E-state index is 5.63. The Morgan fingerprint density at radius 1 is 1.16 bits per heavy atom. The highest BCUT2D eigenvalue weighted by Gasteiger charge is 2.08. The van der Waals surface area contributed by atoms with E-state index in [2.05, 4.69) is 22.4 Å². The lowest BCUT2D eigenvalue weighted by atomic mass is 10.2. The number of rotatable bonds is 9. The highest BCUT2D eigenvalue weighted by atomic mass is 35.5. The molecule has 0 saturated carbocycles. The monoisotopic (exact) mass is 367 g/mol. The normalized spacial score (nSPS) is 12.0. The maximum Gasteiger partial charge on any atom is 0.250 e. The average Bonchev–Trinajstić information content (AvgIpc) is 3.02. The summed E-state index contributed by atoms with van der Waals surface area (Å²) in [4.78, 5) is 4.36. The van der Waals surface area contributed by atoms with Crippen molar-refractivity contribution >= 4 is 24.6 Å². The van der Waals surface area contributed by atoms with Crippen LogP contribution in [0.4, 0.5) is 0 Å². The van der Waals surface area contributed by atoms with Crippen molar-refractivity contribution in [1.82, 2.24) is 15.5 Å². The van der Waals surface area contributed by atoms with Crippen LogP contribution in [-0.4, -0.2) is 36.4 Å². The molecule has 25 heavy (non-hydrogen) atoms. The second kappa shape index (κ2) is 10.7. The van der Waals surface area contributed by atoms with Gasteiger partial charge in [0.15, 0.2) is 17.3 Å².